The molecule has 1 rings (SSSR count). The number of benzene rings is 1. The first-order valence-corrected chi connectivity index (χ1v) is 2.52. The van der Waals surface area contributed by atoms with E-state index < -0.39 is 17.3 Å². The minimum atomic E-state index is -0.809. The maximum atomic E-state index is 12.3. The second-order valence-electron chi connectivity index (χ2n) is 1.69. The highest BCUT2D eigenvalue weighted by molar-refractivity contribution is 5.37. The maximum absolute atomic E-state index is 12.3. The fourth-order valence-corrected chi connectivity index (χ4v) is 0.556. The predicted octanol–water partition coefficient (Wildman–Crippen LogP) is 2.36. The fourth-order valence-electron chi connectivity index (χ4n) is 0.556. The quantitative estimate of drug-likeness (QED) is 0.555. The molecule has 0 N–H and O–H groups in total. The monoisotopic (exact) mass is 143 g/mol. The van der Waals surface area contributed by atoms with E-state index in [-0.39, 0.29) is 0 Å². The molecule has 0 unspecified atom stereocenters. The summed E-state index contributed by atoms with van der Waals surface area (Å²) in [6.45, 7) is 0. The molecule has 1 aromatic rings. The summed E-state index contributed by atoms with van der Waals surface area (Å²) in [5, 5.41) is 2.27. The van der Waals surface area contributed by atoms with Gasteiger partial charge in [0.1, 0.15) is 11.5 Å². The van der Waals surface area contributed by atoms with Crippen molar-refractivity contribution in [2.75, 3.05) is 0 Å². The maximum Gasteiger partial charge on any atom is 0.152 e. The van der Waals surface area contributed by atoms with Crippen molar-refractivity contribution in [1.29, 1.82) is 0 Å². The van der Waals surface area contributed by atoms with Gasteiger partial charge in [0.05, 0.1) is 0 Å². The van der Waals surface area contributed by atoms with Gasteiger partial charge < -0.3 is 0 Å². The van der Waals surface area contributed by atoms with Gasteiger partial charge in [0.2, 0.25) is 0 Å². The number of nitrogens with zero attached hydrogens (tertiary/aromatic N) is 1. The third kappa shape index (κ3) is 1.15. The van der Waals surface area contributed by atoms with Gasteiger partial charge in [-0.3, -0.25) is 0 Å². The Bertz CT molecular complexity index is 262. The molecule has 52 valence electrons. The van der Waals surface area contributed by atoms with Gasteiger partial charge in [-0.05, 0) is 17.3 Å². The fraction of sp³-hybridized carbons (Fsp3) is 0. The van der Waals surface area contributed by atoms with Crippen molar-refractivity contribution in [3.63, 3.8) is 0 Å². The van der Waals surface area contributed by atoms with Crippen LogP contribution in [0.15, 0.2) is 23.4 Å². The Labute approximate surface area is 55.5 Å². The highest BCUT2D eigenvalue weighted by Crippen LogP contribution is 2.17. The molecule has 0 aliphatic heterocycles. The molecule has 0 fully saturated rings. The van der Waals surface area contributed by atoms with E-state index in [1.54, 1.807) is 0 Å². The number of halogens is 2. The lowest BCUT2D eigenvalue weighted by Gasteiger charge is -1.90. The van der Waals surface area contributed by atoms with E-state index in [1.165, 1.54) is 0 Å². The lowest BCUT2D eigenvalue weighted by atomic mass is 10.3. The van der Waals surface area contributed by atoms with Crippen LogP contribution in [0.25, 0.3) is 0 Å². The zero-order valence-electron chi connectivity index (χ0n) is 4.84. The average molecular weight is 143 g/mol. The Morgan fingerprint density at radius 1 is 1.30 bits per heavy atom. The summed E-state index contributed by atoms with van der Waals surface area (Å²) >= 11 is 0. The van der Waals surface area contributed by atoms with Gasteiger partial charge in [0.15, 0.2) is 5.82 Å². The van der Waals surface area contributed by atoms with Crippen LogP contribution in [0.5, 0.6) is 0 Å². The number of nitroso groups, excluding NO2 is 1. The second-order valence-corrected chi connectivity index (χ2v) is 1.69. The van der Waals surface area contributed by atoms with Crippen molar-refractivity contribution >= 4 is 5.69 Å². The van der Waals surface area contributed by atoms with E-state index in [4.69, 9.17) is 0 Å². The van der Waals surface area contributed by atoms with Gasteiger partial charge >= 0.3 is 0 Å². The predicted molar refractivity (Wildman–Crippen MR) is 31.8 cm³/mol. The smallest absolute Gasteiger partial charge is 0.152 e. The molecule has 0 amide bonds. The summed E-state index contributed by atoms with van der Waals surface area (Å²) in [7, 11) is 0. The Kier molecular flexibility index (Phi) is 1.71. The first kappa shape index (κ1) is 6.80. The summed E-state index contributed by atoms with van der Waals surface area (Å²) in [5.74, 6) is -1.48. The van der Waals surface area contributed by atoms with Crippen molar-refractivity contribution in [2.24, 2.45) is 5.18 Å². The van der Waals surface area contributed by atoms with Crippen LogP contribution in [0.2, 0.25) is 0 Å². The van der Waals surface area contributed by atoms with E-state index in [0.717, 1.165) is 18.2 Å². The van der Waals surface area contributed by atoms with Crippen LogP contribution in [0.4, 0.5) is 14.5 Å². The van der Waals surface area contributed by atoms with Crippen molar-refractivity contribution in [3.8, 4) is 0 Å². The van der Waals surface area contributed by atoms with Crippen LogP contribution in [-0.4, -0.2) is 0 Å². The molecule has 0 atom stereocenters. The largest absolute Gasteiger partial charge is 0.207 e. The summed E-state index contributed by atoms with van der Waals surface area (Å²) in [6, 6.07) is 2.51. The van der Waals surface area contributed by atoms with Gasteiger partial charge in [-0.15, -0.1) is 4.91 Å². The van der Waals surface area contributed by atoms with Crippen molar-refractivity contribution in [3.05, 3.63) is 34.7 Å². The molecule has 0 saturated carbocycles. The van der Waals surface area contributed by atoms with Gasteiger partial charge in [-0.25, -0.2) is 8.78 Å². The van der Waals surface area contributed by atoms with Gasteiger partial charge in [-0.2, -0.15) is 0 Å². The normalized spacial score (nSPS) is 9.40. The Hall–Kier alpha value is -1.32. The standard InChI is InChI=1S/C6H3F2NO/c7-4-1-2-5(8)6(3-4)9-10/h1-3H. The van der Waals surface area contributed by atoms with Gasteiger partial charge in [0.25, 0.3) is 0 Å². The molecule has 0 aliphatic rings. The van der Waals surface area contributed by atoms with Crippen molar-refractivity contribution in [1.82, 2.24) is 0 Å². The van der Waals surface area contributed by atoms with Gasteiger partial charge in [0, 0.05) is 6.07 Å². The number of hydrogen-bond donors (Lipinski definition) is 0. The molecule has 2 nitrogen and oxygen atoms in total. The Morgan fingerprint density at radius 3 is 2.50 bits per heavy atom. The van der Waals surface area contributed by atoms with Gasteiger partial charge in [-0.1, -0.05) is 0 Å². The van der Waals surface area contributed by atoms with Crippen LogP contribution in [-0.2, 0) is 0 Å². The minimum absolute atomic E-state index is 0.500. The lowest BCUT2D eigenvalue weighted by Crippen LogP contribution is -1.76. The first-order valence-electron chi connectivity index (χ1n) is 2.52. The van der Waals surface area contributed by atoms with E-state index in [9.17, 15) is 13.7 Å². The molecule has 0 heterocycles. The van der Waals surface area contributed by atoms with Crippen LogP contribution in [0.3, 0.4) is 0 Å². The molecule has 1 aromatic carbocycles. The number of rotatable bonds is 1. The summed E-state index contributed by atoms with van der Waals surface area (Å²) in [4.78, 5) is 9.72. The van der Waals surface area contributed by atoms with Crippen molar-refractivity contribution in [2.45, 2.75) is 0 Å². The van der Waals surface area contributed by atoms with E-state index in [2.05, 4.69) is 5.18 Å². The minimum Gasteiger partial charge on any atom is -0.207 e. The van der Waals surface area contributed by atoms with Crippen LogP contribution < -0.4 is 0 Å². The zero-order chi connectivity index (χ0) is 7.56. The second kappa shape index (κ2) is 2.51. The lowest BCUT2D eigenvalue weighted by molar-refractivity contribution is 0.602. The SMILES string of the molecule is O=Nc1cc(F)ccc1F. The topological polar surface area (TPSA) is 29.4 Å². The Balaban J connectivity index is 3.21. The molecule has 0 aliphatic carbocycles. The van der Waals surface area contributed by atoms with Crippen LogP contribution in [0.1, 0.15) is 0 Å². The van der Waals surface area contributed by atoms with E-state index in [1.807, 2.05) is 0 Å². The third-order valence-corrected chi connectivity index (χ3v) is 1.01. The highest BCUT2D eigenvalue weighted by atomic mass is 19.1. The molecule has 0 aromatic heterocycles. The molecule has 10 heavy (non-hydrogen) atoms. The highest BCUT2D eigenvalue weighted by Gasteiger charge is 2.01. The van der Waals surface area contributed by atoms with Crippen LogP contribution >= 0.6 is 0 Å². The van der Waals surface area contributed by atoms with E-state index >= 15 is 0 Å². The van der Waals surface area contributed by atoms with E-state index in [0.29, 0.717) is 0 Å². The molecular weight excluding hydrogens is 140 g/mol. The number of hydrogen-bond acceptors (Lipinski definition) is 2. The third-order valence-electron chi connectivity index (χ3n) is 1.01. The van der Waals surface area contributed by atoms with Crippen LogP contribution in [0, 0.1) is 16.5 Å². The van der Waals surface area contributed by atoms with Crippen molar-refractivity contribution < 1.29 is 8.78 Å². The summed E-state index contributed by atoms with van der Waals surface area (Å²) in [6.07, 6.45) is 0. The zero-order valence-corrected chi connectivity index (χ0v) is 4.84. The molecule has 0 bridgehead atoms. The first-order chi connectivity index (χ1) is 4.74. The molecule has 0 saturated heterocycles. The Morgan fingerprint density at radius 2 is 2.00 bits per heavy atom. The molecule has 4 heteroatoms. The summed E-state index contributed by atoms with van der Waals surface area (Å²) in [5.41, 5.74) is -0.500. The molecular formula is C6H3F2NO. The average Bonchev–Trinajstić information content (AvgIpc) is 1.94. The summed E-state index contributed by atoms with van der Waals surface area (Å²) < 4.78 is 24.5. The molecule has 0 radical (unpaired) electrons. The molecule has 0 spiro atoms.